The van der Waals surface area contributed by atoms with Crippen LogP contribution in [-0.2, 0) is 0 Å². The van der Waals surface area contributed by atoms with Crippen LogP contribution in [0.25, 0.3) is 22.6 Å². The van der Waals surface area contributed by atoms with E-state index in [0.717, 1.165) is 45.4 Å². The third-order valence-corrected chi connectivity index (χ3v) is 5.24. The highest BCUT2D eigenvalue weighted by Crippen LogP contribution is 2.30. The molecule has 0 saturated heterocycles. The van der Waals surface area contributed by atoms with Crippen molar-refractivity contribution in [2.75, 3.05) is 12.4 Å². The number of rotatable bonds is 5. The highest BCUT2D eigenvalue weighted by atomic mass is 16.5. The van der Waals surface area contributed by atoms with Crippen molar-refractivity contribution in [3.8, 4) is 28.8 Å². The molecular formula is C25H20N6O. The van der Waals surface area contributed by atoms with E-state index in [1.165, 1.54) is 0 Å². The van der Waals surface area contributed by atoms with Gasteiger partial charge in [-0.2, -0.15) is 5.26 Å². The summed E-state index contributed by atoms with van der Waals surface area (Å²) in [5, 5.41) is 12.5. The summed E-state index contributed by atoms with van der Waals surface area (Å²) in [7, 11) is 1.66. The molecule has 0 spiro atoms. The van der Waals surface area contributed by atoms with Gasteiger partial charge in [-0.15, -0.1) is 0 Å². The van der Waals surface area contributed by atoms with Crippen molar-refractivity contribution in [1.29, 1.82) is 5.26 Å². The van der Waals surface area contributed by atoms with E-state index in [-0.39, 0.29) is 0 Å². The second kappa shape index (κ2) is 7.93. The lowest BCUT2D eigenvalue weighted by molar-refractivity contribution is 0.413. The maximum atomic E-state index is 9.02. The van der Waals surface area contributed by atoms with Crippen LogP contribution in [0.2, 0.25) is 0 Å². The van der Waals surface area contributed by atoms with E-state index in [1.54, 1.807) is 25.6 Å². The van der Waals surface area contributed by atoms with Gasteiger partial charge < -0.3 is 19.0 Å². The van der Waals surface area contributed by atoms with E-state index in [4.69, 9.17) is 15.0 Å². The minimum absolute atomic E-state index is 0.628. The molecule has 0 fully saturated rings. The van der Waals surface area contributed by atoms with Gasteiger partial charge in [-0.3, -0.25) is 0 Å². The lowest BCUT2D eigenvalue weighted by Gasteiger charge is -2.13. The van der Waals surface area contributed by atoms with Crippen LogP contribution >= 0.6 is 0 Å². The number of ether oxygens (including phenoxy) is 1. The first-order valence-electron chi connectivity index (χ1n) is 10.1. The number of aromatic nitrogens is 4. The predicted octanol–water partition coefficient (Wildman–Crippen LogP) is 5.12. The average molecular weight is 420 g/mol. The van der Waals surface area contributed by atoms with Crippen molar-refractivity contribution < 1.29 is 4.74 Å². The second-order valence-corrected chi connectivity index (χ2v) is 7.40. The number of hydrogen-bond acceptors (Lipinski definition) is 5. The van der Waals surface area contributed by atoms with Crippen LogP contribution in [0, 0.1) is 18.3 Å². The number of aryl methyl sites for hydroxylation is 1. The molecule has 3 aromatic heterocycles. The minimum atomic E-state index is 0.628. The van der Waals surface area contributed by atoms with Gasteiger partial charge in [0.15, 0.2) is 5.65 Å². The number of methoxy groups -OCH3 is 1. The molecule has 0 aliphatic carbocycles. The first-order valence-corrected chi connectivity index (χ1v) is 10.1. The number of pyridine rings is 1. The molecule has 5 aromatic rings. The summed E-state index contributed by atoms with van der Waals surface area (Å²) in [5.74, 6) is 0.737. The van der Waals surface area contributed by atoms with Crippen LogP contribution in [0.4, 0.5) is 11.4 Å². The number of imidazole rings is 2. The van der Waals surface area contributed by atoms with E-state index >= 15 is 0 Å². The Bertz CT molecular complexity index is 1460. The summed E-state index contributed by atoms with van der Waals surface area (Å²) in [6.07, 6.45) is 7.68. The second-order valence-electron chi connectivity index (χ2n) is 7.40. The molecule has 5 rings (SSSR count). The van der Waals surface area contributed by atoms with E-state index in [2.05, 4.69) is 16.4 Å². The van der Waals surface area contributed by atoms with Gasteiger partial charge in [0.05, 0.1) is 47.8 Å². The summed E-state index contributed by atoms with van der Waals surface area (Å²) in [5.41, 5.74) is 6.86. The van der Waals surface area contributed by atoms with Gasteiger partial charge in [0.1, 0.15) is 5.75 Å². The summed E-state index contributed by atoms with van der Waals surface area (Å²) >= 11 is 0. The molecule has 0 atom stereocenters. The van der Waals surface area contributed by atoms with Crippen LogP contribution < -0.4 is 10.1 Å². The molecule has 156 valence electrons. The first kappa shape index (κ1) is 19.4. The van der Waals surface area contributed by atoms with Gasteiger partial charge in [-0.1, -0.05) is 12.1 Å². The quantitative estimate of drug-likeness (QED) is 0.427. The SMILES string of the molecule is COc1cc(Nc2cccn3cc(-c4ccc(C#N)cc4)nc23)ccc1-n1cnc(C)c1. The Morgan fingerprint density at radius 3 is 2.62 bits per heavy atom. The summed E-state index contributed by atoms with van der Waals surface area (Å²) in [6.45, 7) is 1.95. The molecule has 0 radical (unpaired) electrons. The number of hydrogen-bond donors (Lipinski definition) is 1. The lowest BCUT2D eigenvalue weighted by Crippen LogP contribution is -1.99. The Morgan fingerprint density at radius 1 is 1.06 bits per heavy atom. The number of fused-ring (bicyclic) bond motifs is 1. The highest BCUT2D eigenvalue weighted by molar-refractivity contribution is 5.77. The van der Waals surface area contributed by atoms with Crippen molar-refractivity contribution >= 4 is 17.0 Å². The maximum absolute atomic E-state index is 9.02. The van der Waals surface area contributed by atoms with Crippen LogP contribution in [-0.4, -0.2) is 26.0 Å². The van der Waals surface area contributed by atoms with Gasteiger partial charge in [-0.25, -0.2) is 9.97 Å². The van der Waals surface area contributed by atoms with Crippen LogP contribution in [0.15, 0.2) is 79.5 Å². The molecule has 0 aliphatic heterocycles. The fourth-order valence-corrected chi connectivity index (χ4v) is 3.64. The molecule has 0 amide bonds. The number of benzene rings is 2. The smallest absolute Gasteiger partial charge is 0.161 e. The molecule has 0 bridgehead atoms. The summed E-state index contributed by atoms with van der Waals surface area (Å²) < 4.78 is 9.55. The minimum Gasteiger partial charge on any atom is -0.494 e. The number of anilines is 2. The molecule has 2 aromatic carbocycles. The Labute approximate surface area is 185 Å². The van der Waals surface area contributed by atoms with E-state index in [1.807, 2.05) is 76.9 Å². The van der Waals surface area contributed by atoms with Crippen molar-refractivity contribution in [1.82, 2.24) is 18.9 Å². The third kappa shape index (κ3) is 3.55. The number of nitrogens with zero attached hydrogens (tertiary/aromatic N) is 5. The zero-order valence-electron chi connectivity index (χ0n) is 17.6. The molecule has 0 unspecified atom stereocenters. The van der Waals surface area contributed by atoms with Crippen LogP contribution in [0.3, 0.4) is 0 Å². The average Bonchev–Trinajstić information content (AvgIpc) is 3.46. The fourth-order valence-electron chi connectivity index (χ4n) is 3.64. The van der Waals surface area contributed by atoms with Crippen molar-refractivity contribution in [2.45, 2.75) is 6.92 Å². The largest absolute Gasteiger partial charge is 0.494 e. The van der Waals surface area contributed by atoms with E-state index in [9.17, 15) is 0 Å². The fraction of sp³-hybridized carbons (Fsp3) is 0.0800. The Balaban J connectivity index is 1.48. The topological polar surface area (TPSA) is 80.2 Å². The molecule has 0 aliphatic rings. The molecule has 1 N–H and O–H groups in total. The van der Waals surface area contributed by atoms with Gasteiger partial charge in [0, 0.05) is 35.9 Å². The first-order chi connectivity index (χ1) is 15.6. The summed E-state index contributed by atoms with van der Waals surface area (Å²) in [4.78, 5) is 9.11. The van der Waals surface area contributed by atoms with Gasteiger partial charge in [0.25, 0.3) is 0 Å². The standard InChI is InChI=1S/C25H20N6O/c1-17-14-31(16-27-17)23-10-9-20(12-24(23)32-2)28-21-4-3-11-30-15-22(29-25(21)30)19-7-5-18(13-26)6-8-19/h3-12,14-16,28H,1-2H3. The number of nitriles is 1. The molecular weight excluding hydrogens is 400 g/mol. The predicted molar refractivity (Wildman–Crippen MR) is 123 cm³/mol. The lowest BCUT2D eigenvalue weighted by atomic mass is 10.1. The van der Waals surface area contributed by atoms with Gasteiger partial charge in [-0.05, 0) is 43.3 Å². The van der Waals surface area contributed by atoms with Crippen LogP contribution in [0.5, 0.6) is 5.75 Å². The van der Waals surface area contributed by atoms with Crippen molar-refractivity contribution in [2.24, 2.45) is 0 Å². The maximum Gasteiger partial charge on any atom is 0.161 e. The monoisotopic (exact) mass is 420 g/mol. The third-order valence-electron chi connectivity index (χ3n) is 5.24. The molecule has 7 nitrogen and oxygen atoms in total. The molecule has 7 heteroatoms. The zero-order chi connectivity index (χ0) is 22.1. The van der Waals surface area contributed by atoms with E-state index in [0.29, 0.717) is 5.56 Å². The van der Waals surface area contributed by atoms with Crippen molar-refractivity contribution in [3.05, 3.63) is 90.8 Å². The molecule has 0 saturated carbocycles. The van der Waals surface area contributed by atoms with Crippen molar-refractivity contribution in [3.63, 3.8) is 0 Å². The highest BCUT2D eigenvalue weighted by Gasteiger charge is 2.11. The Hall–Kier alpha value is -4.57. The number of nitrogens with one attached hydrogen (secondary N) is 1. The summed E-state index contributed by atoms with van der Waals surface area (Å²) in [6, 6.07) is 19.5. The van der Waals surface area contributed by atoms with E-state index < -0.39 is 0 Å². The Kier molecular flexibility index (Phi) is 4.81. The zero-order valence-corrected chi connectivity index (χ0v) is 17.6. The Morgan fingerprint density at radius 2 is 1.91 bits per heavy atom. The van der Waals surface area contributed by atoms with Gasteiger partial charge >= 0.3 is 0 Å². The normalized spacial score (nSPS) is 10.8. The van der Waals surface area contributed by atoms with Crippen LogP contribution in [0.1, 0.15) is 11.3 Å². The van der Waals surface area contributed by atoms with Gasteiger partial charge in [0.2, 0.25) is 0 Å². The molecule has 32 heavy (non-hydrogen) atoms. The molecule has 3 heterocycles.